The summed E-state index contributed by atoms with van der Waals surface area (Å²) in [4.78, 5) is 11.7. The van der Waals surface area contributed by atoms with Crippen LogP contribution in [-0.2, 0) is 14.3 Å². The van der Waals surface area contributed by atoms with Gasteiger partial charge in [-0.05, 0) is 11.6 Å². The summed E-state index contributed by atoms with van der Waals surface area (Å²) in [5.41, 5.74) is 0.785. The average Bonchev–Trinajstić information content (AvgIpc) is 2.54. The standard InChI is InChI=1S/C15H18O7/c16-8-10-12(18)13(19)14(20)15(21-10)22-11(17)7-6-9-4-2-1-3-5-9/h1-7,10,12-16,18-20H,8H2/b7-6+/t10-,12-,13+,14-,15+/m1/s1. The van der Waals surface area contributed by atoms with E-state index in [9.17, 15) is 20.1 Å². The minimum Gasteiger partial charge on any atom is -0.430 e. The SMILES string of the molecule is O=C(/C=C/c1ccccc1)O[C@@H]1O[C@H](CO)[C@@H](O)[C@H](O)[C@H]1O. The molecule has 0 saturated carbocycles. The van der Waals surface area contributed by atoms with E-state index in [1.807, 2.05) is 18.2 Å². The molecule has 1 aliphatic rings. The molecule has 0 amide bonds. The number of hydrogen-bond donors (Lipinski definition) is 4. The summed E-state index contributed by atoms with van der Waals surface area (Å²) >= 11 is 0. The Labute approximate surface area is 127 Å². The lowest BCUT2D eigenvalue weighted by atomic mass is 9.99. The van der Waals surface area contributed by atoms with Gasteiger partial charge in [-0.2, -0.15) is 0 Å². The van der Waals surface area contributed by atoms with Crippen LogP contribution in [0.5, 0.6) is 0 Å². The molecule has 0 radical (unpaired) electrons. The van der Waals surface area contributed by atoms with Gasteiger partial charge in [0, 0.05) is 6.08 Å². The molecule has 0 spiro atoms. The maximum absolute atomic E-state index is 11.7. The van der Waals surface area contributed by atoms with Crippen molar-refractivity contribution in [2.45, 2.75) is 30.7 Å². The Morgan fingerprint density at radius 2 is 1.82 bits per heavy atom. The van der Waals surface area contributed by atoms with Gasteiger partial charge in [-0.25, -0.2) is 4.79 Å². The number of aliphatic hydroxyl groups is 4. The maximum atomic E-state index is 11.7. The van der Waals surface area contributed by atoms with E-state index in [4.69, 9.17) is 14.6 Å². The van der Waals surface area contributed by atoms with Gasteiger partial charge in [0.25, 0.3) is 0 Å². The van der Waals surface area contributed by atoms with Gasteiger partial charge in [-0.1, -0.05) is 30.3 Å². The number of hydrogen-bond acceptors (Lipinski definition) is 7. The zero-order valence-electron chi connectivity index (χ0n) is 11.6. The van der Waals surface area contributed by atoms with Crippen LogP contribution in [0.1, 0.15) is 5.56 Å². The quantitative estimate of drug-likeness (QED) is 0.418. The van der Waals surface area contributed by atoms with Crippen molar-refractivity contribution < 1.29 is 34.7 Å². The predicted molar refractivity (Wildman–Crippen MR) is 75.3 cm³/mol. The average molecular weight is 310 g/mol. The van der Waals surface area contributed by atoms with Crippen molar-refractivity contribution in [1.29, 1.82) is 0 Å². The summed E-state index contributed by atoms with van der Waals surface area (Å²) < 4.78 is 9.96. The molecule has 1 saturated heterocycles. The van der Waals surface area contributed by atoms with E-state index >= 15 is 0 Å². The van der Waals surface area contributed by atoms with Crippen LogP contribution in [0.4, 0.5) is 0 Å². The highest BCUT2D eigenvalue weighted by Crippen LogP contribution is 2.22. The highest BCUT2D eigenvalue weighted by molar-refractivity contribution is 5.87. The van der Waals surface area contributed by atoms with Gasteiger partial charge in [-0.15, -0.1) is 0 Å². The summed E-state index contributed by atoms with van der Waals surface area (Å²) in [7, 11) is 0. The molecule has 0 bridgehead atoms. The highest BCUT2D eigenvalue weighted by Gasteiger charge is 2.45. The summed E-state index contributed by atoms with van der Waals surface area (Å²) in [6.07, 6.45) is -4.59. The second kappa shape index (κ2) is 7.48. The maximum Gasteiger partial charge on any atom is 0.333 e. The largest absolute Gasteiger partial charge is 0.430 e. The van der Waals surface area contributed by atoms with E-state index in [-0.39, 0.29) is 0 Å². The number of carbonyl (C=O) groups excluding carboxylic acids is 1. The molecule has 1 aliphatic heterocycles. The lowest BCUT2D eigenvalue weighted by molar-refractivity contribution is -0.291. The molecule has 1 aromatic carbocycles. The number of benzene rings is 1. The third kappa shape index (κ3) is 3.90. The van der Waals surface area contributed by atoms with Gasteiger partial charge < -0.3 is 29.9 Å². The van der Waals surface area contributed by atoms with Crippen molar-refractivity contribution in [1.82, 2.24) is 0 Å². The van der Waals surface area contributed by atoms with Crippen LogP contribution in [0.25, 0.3) is 6.08 Å². The monoisotopic (exact) mass is 310 g/mol. The van der Waals surface area contributed by atoms with Crippen molar-refractivity contribution >= 4 is 12.0 Å². The lowest BCUT2D eigenvalue weighted by Gasteiger charge is -2.38. The number of carbonyl (C=O) groups is 1. The van der Waals surface area contributed by atoms with Crippen LogP contribution >= 0.6 is 0 Å². The molecule has 0 aromatic heterocycles. The van der Waals surface area contributed by atoms with E-state index in [1.54, 1.807) is 12.1 Å². The predicted octanol–water partition coefficient (Wildman–Crippen LogP) is -0.957. The molecule has 2 rings (SSSR count). The first-order valence-electron chi connectivity index (χ1n) is 6.77. The molecule has 0 unspecified atom stereocenters. The fourth-order valence-corrected chi connectivity index (χ4v) is 2.05. The van der Waals surface area contributed by atoms with E-state index < -0.39 is 43.3 Å². The Morgan fingerprint density at radius 3 is 2.45 bits per heavy atom. The van der Waals surface area contributed by atoms with Gasteiger partial charge in [0.1, 0.15) is 24.4 Å². The highest BCUT2D eigenvalue weighted by atomic mass is 16.7. The van der Waals surface area contributed by atoms with Gasteiger partial charge in [-0.3, -0.25) is 0 Å². The molecule has 120 valence electrons. The number of esters is 1. The van der Waals surface area contributed by atoms with Crippen molar-refractivity contribution in [3.63, 3.8) is 0 Å². The van der Waals surface area contributed by atoms with Crippen molar-refractivity contribution in [3.05, 3.63) is 42.0 Å². The van der Waals surface area contributed by atoms with Crippen LogP contribution < -0.4 is 0 Å². The number of ether oxygens (including phenoxy) is 2. The van der Waals surface area contributed by atoms with Gasteiger partial charge in [0.05, 0.1) is 6.61 Å². The first-order valence-corrected chi connectivity index (χ1v) is 6.77. The van der Waals surface area contributed by atoms with Crippen molar-refractivity contribution in [3.8, 4) is 0 Å². The molecule has 22 heavy (non-hydrogen) atoms. The van der Waals surface area contributed by atoms with Crippen LogP contribution in [0.2, 0.25) is 0 Å². The van der Waals surface area contributed by atoms with E-state index in [0.717, 1.165) is 11.6 Å². The Balaban J connectivity index is 1.97. The molecule has 0 aliphatic carbocycles. The first kappa shape index (κ1) is 16.6. The fraction of sp³-hybridized carbons (Fsp3) is 0.400. The topological polar surface area (TPSA) is 116 Å². The summed E-state index contributed by atoms with van der Waals surface area (Å²) in [5.74, 6) is -0.784. The molecule has 1 fully saturated rings. The summed E-state index contributed by atoms with van der Waals surface area (Å²) in [6.45, 7) is -0.584. The van der Waals surface area contributed by atoms with E-state index in [1.165, 1.54) is 6.08 Å². The molecule has 1 heterocycles. The zero-order valence-corrected chi connectivity index (χ0v) is 11.6. The van der Waals surface area contributed by atoms with Crippen LogP contribution in [0.3, 0.4) is 0 Å². The molecule has 5 atom stereocenters. The number of aliphatic hydroxyl groups excluding tert-OH is 4. The third-order valence-corrected chi connectivity index (χ3v) is 3.29. The molecule has 4 N–H and O–H groups in total. The molecule has 7 heteroatoms. The minimum atomic E-state index is -1.60. The zero-order chi connectivity index (χ0) is 16.1. The molecular weight excluding hydrogens is 292 g/mol. The Kier molecular flexibility index (Phi) is 5.64. The lowest BCUT2D eigenvalue weighted by Crippen LogP contribution is -2.59. The number of rotatable bonds is 4. The van der Waals surface area contributed by atoms with Crippen molar-refractivity contribution in [2.24, 2.45) is 0 Å². The second-order valence-corrected chi connectivity index (χ2v) is 4.88. The molecular formula is C15H18O7. The molecule has 1 aromatic rings. The Bertz CT molecular complexity index is 514. The third-order valence-electron chi connectivity index (χ3n) is 3.29. The Morgan fingerprint density at radius 1 is 1.14 bits per heavy atom. The Hall–Kier alpha value is -1.77. The van der Waals surface area contributed by atoms with Gasteiger partial charge in [0.15, 0.2) is 0 Å². The normalized spacial score (nSPS) is 32.1. The van der Waals surface area contributed by atoms with Crippen LogP contribution in [0, 0.1) is 0 Å². The first-order chi connectivity index (χ1) is 10.5. The van der Waals surface area contributed by atoms with Crippen molar-refractivity contribution in [2.75, 3.05) is 6.61 Å². The molecule has 7 nitrogen and oxygen atoms in total. The second-order valence-electron chi connectivity index (χ2n) is 4.88. The minimum absolute atomic E-state index is 0.584. The smallest absolute Gasteiger partial charge is 0.333 e. The fourth-order valence-electron chi connectivity index (χ4n) is 2.05. The summed E-state index contributed by atoms with van der Waals surface area (Å²) in [5, 5.41) is 38.0. The van der Waals surface area contributed by atoms with Gasteiger partial charge in [0.2, 0.25) is 6.29 Å². The van der Waals surface area contributed by atoms with E-state index in [0.29, 0.717) is 0 Å². The van der Waals surface area contributed by atoms with Gasteiger partial charge >= 0.3 is 5.97 Å². The summed E-state index contributed by atoms with van der Waals surface area (Å²) in [6, 6.07) is 9.03. The van der Waals surface area contributed by atoms with E-state index in [2.05, 4.69) is 0 Å². The van der Waals surface area contributed by atoms with Crippen LogP contribution in [0.15, 0.2) is 36.4 Å². The van der Waals surface area contributed by atoms with Crippen LogP contribution in [-0.4, -0.2) is 63.7 Å².